The van der Waals surface area contributed by atoms with E-state index in [9.17, 15) is 9.90 Å². The molecule has 7 nitrogen and oxygen atoms in total. The van der Waals surface area contributed by atoms with Gasteiger partial charge in [-0.15, -0.1) is 0 Å². The van der Waals surface area contributed by atoms with E-state index in [0.717, 1.165) is 17.0 Å². The third-order valence-electron chi connectivity index (χ3n) is 4.45. The number of aliphatic hydroxyl groups excluding tert-OH is 1. The monoisotopic (exact) mass is 438 g/mol. The van der Waals surface area contributed by atoms with Gasteiger partial charge in [0.15, 0.2) is 0 Å². The van der Waals surface area contributed by atoms with Crippen LogP contribution in [0, 0.1) is 25.2 Å². The fourth-order valence-corrected chi connectivity index (χ4v) is 3.21. The lowest BCUT2D eigenvalue weighted by Crippen LogP contribution is -2.35. The van der Waals surface area contributed by atoms with Crippen molar-refractivity contribution in [3.8, 4) is 11.8 Å². The standard InChI is InChI=1S/C20H24Cl2N4O3/c1-13-16(14(2)26(25-13)10-4-9-23)7-8-19(28)24-11-15(27)12-29-18-6-3-5-17(21)20(18)22/h3,5-6,15,27H,4,7-8,10-12H2,1-2H3,(H,24,28). The highest BCUT2D eigenvalue weighted by Gasteiger charge is 2.14. The molecule has 0 aliphatic rings. The van der Waals surface area contributed by atoms with E-state index in [-0.39, 0.29) is 30.5 Å². The molecule has 1 aromatic carbocycles. The molecule has 1 unspecified atom stereocenters. The van der Waals surface area contributed by atoms with Gasteiger partial charge >= 0.3 is 0 Å². The minimum atomic E-state index is -0.883. The van der Waals surface area contributed by atoms with Crippen LogP contribution in [0.2, 0.25) is 10.0 Å². The van der Waals surface area contributed by atoms with Gasteiger partial charge in [0.2, 0.25) is 5.91 Å². The van der Waals surface area contributed by atoms with Crippen molar-refractivity contribution < 1.29 is 14.6 Å². The molecule has 0 saturated carbocycles. The molecule has 1 atom stereocenters. The van der Waals surface area contributed by atoms with Crippen LogP contribution in [0.1, 0.15) is 29.8 Å². The Morgan fingerprint density at radius 1 is 1.41 bits per heavy atom. The predicted octanol–water partition coefficient (Wildman–Crippen LogP) is 3.21. The Morgan fingerprint density at radius 2 is 2.17 bits per heavy atom. The van der Waals surface area contributed by atoms with E-state index in [1.807, 2.05) is 13.8 Å². The number of carbonyl (C=O) groups excluding carboxylic acids is 1. The number of hydrogen-bond donors (Lipinski definition) is 2. The van der Waals surface area contributed by atoms with Crippen molar-refractivity contribution in [3.63, 3.8) is 0 Å². The van der Waals surface area contributed by atoms with Crippen molar-refractivity contribution in [1.29, 1.82) is 5.26 Å². The molecule has 0 bridgehead atoms. The molecule has 1 aromatic heterocycles. The average molecular weight is 439 g/mol. The molecule has 0 aliphatic carbocycles. The summed E-state index contributed by atoms with van der Waals surface area (Å²) in [5, 5.41) is 26.5. The number of benzene rings is 1. The first-order chi connectivity index (χ1) is 13.8. The number of aryl methyl sites for hydroxylation is 2. The van der Waals surface area contributed by atoms with Crippen LogP contribution in [0.3, 0.4) is 0 Å². The maximum atomic E-state index is 12.1. The summed E-state index contributed by atoms with van der Waals surface area (Å²) in [5.74, 6) is 0.206. The lowest BCUT2D eigenvalue weighted by Gasteiger charge is -2.14. The number of nitriles is 1. The van der Waals surface area contributed by atoms with E-state index in [1.54, 1.807) is 22.9 Å². The number of nitrogens with one attached hydrogen (secondary N) is 1. The third kappa shape index (κ3) is 6.64. The van der Waals surface area contributed by atoms with Gasteiger partial charge in [-0.05, 0) is 38.0 Å². The molecule has 0 spiro atoms. The summed E-state index contributed by atoms with van der Waals surface area (Å²) in [6.07, 6.45) is 0.328. The quantitative estimate of drug-likeness (QED) is 0.592. The van der Waals surface area contributed by atoms with Crippen LogP contribution >= 0.6 is 23.2 Å². The molecule has 2 aromatic rings. The summed E-state index contributed by atoms with van der Waals surface area (Å²) in [6, 6.07) is 7.10. The Hall–Kier alpha value is -2.27. The van der Waals surface area contributed by atoms with E-state index < -0.39 is 6.10 Å². The molecule has 2 N–H and O–H groups in total. The van der Waals surface area contributed by atoms with Crippen molar-refractivity contribution in [2.75, 3.05) is 13.2 Å². The molecule has 0 fully saturated rings. The molecule has 0 radical (unpaired) electrons. The first kappa shape index (κ1) is 23.0. The molecular weight excluding hydrogens is 415 g/mol. The molecule has 9 heteroatoms. The zero-order valence-electron chi connectivity index (χ0n) is 16.4. The first-order valence-corrected chi connectivity index (χ1v) is 10.0. The van der Waals surface area contributed by atoms with Crippen molar-refractivity contribution in [2.45, 2.75) is 45.8 Å². The van der Waals surface area contributed by atoms with Crippen LogP contribution in [0.5, 0.6) is 5.75 Å². The van der Waals surface area contributed by atoms with Gasteiger partial charge in [-0.2, -0.15) is 10.4 Å². The summed E-state index contributed by atoms with van der Waals surface area (Å²) in [6.45, 7) is 4.41. The summed E-state index contributed by atoms with van der Waals surface area (Å²) in [5.41, 5.74) is 2.84. The van der Waals surface area contributed by atoms with Crippen LogP contribution in [0.4, 0.5) is 0 Å². The van der Waals surface area contributed by atoms with Crippen molar-refractivity contribution in [2.24, 2.45) is 0 Å². The van der Waals surface area contributed by atoms with Crippen LogP contribution in [-0.2, 0) is 17.8 Å². The molecule has 0 saturated heterocycles. The highest BCUT2D eigenvalue weighted by Crippen LogP contribution is 2.31. The number of rotatable bonds is 10. The molecule has 1 heterocycles. The number of amides is 1. The molecule has 156 valence electrons. The predicted molar refractivity (Wildman–Crippen MR) is 111 cm³/mol. The summed E-state index contributed by atoms with van der Waals surface area (Å²) in [7, 11) is 0. The Balaban J connectivity index is 1.76. The number of aromatic nitrogens is 2. The second-order valence-electron chi connectivity index (χ2n) is 6.60. The third-order valence-corrected chi connectivity index (χ3v) is 5.25. The van der Waals surface area contributed by atoms with E-state index >= 15 is 0 Å². The topological polar surface area (TPSA) is 100 Å². The van der Waals surface area contributed by atoms with Crippen LogP contribution in [0.15, 0.2) is 18.2 Å². The van der Waals surface area contributed by atoms with Gasteiger partial charge in [-0.1, -0.05) is 29.3 Å². The van der Waals surface area contributed by atoms with E-state index in [1.165, 1.54) is 0 Å². The normalized spacial score (nSPS) is 11.7. The van der Waals surface area contributed by atoms with Crippen molar-refractivity contribution in [3.05, 3.63) is 45.2 Å². The lowest BCUT2D eigenvalue weighted by atomic mass is 10.1. The van der Waals surface area contributed by atoms with Gasteiger partial charge in [-0.25, -0.2) is 0 Å². The Kier molecular flexibility index (Phi) is 8.77. The smallest absolute Gasteiger partial charge is 0.220 e. The van der Waals surface area contributed by atoms with Gasteiger partial charge in [-0.3, -0.25) is 9.48 Å². The maximum absolute atomic E-state index is 12.1. The van der Waals surface area contributed by atoms with Crippen LogP contribution < -0.4 is 10.1 Å². The number of ether oxygens (including phenoxy) is 1. The molecule has 29 heavy (non-hydrogen) atoms. The maximum Gasteiger partial charge on any atom is 0.220 e. The van der Waals surface area contributed by atoms with Gasteiger partial charge in [0, 0.05) is 18.7 Å². The van der Waals surface area contributed by atoms with Gasteiger partial charge in [0.1, 0.15) is 23.5 Å². The highest BCUT2D eigenvalue weighted by atomic mass is 35.5. The summed E-state index contributed by atoms with van der Waals surface area (Å²) in [4.78, 5) is 12.1. The Bertz CT molecular complexity index is 893. The second kappa shape index (κ2) is 11.1. The van der Waals surface area contributed by atoms with Crippen LogP contribution in [-0.4, -0.2) is 40.0 Å². The Morgan fingerprint density at radius 3 is 2.90 bits per heavy atom. The minimum absolute atomic E-state index is 0.0236. The zero-order valence-corrected chi connectivity index (χ0v) is 17.9. The molecular formula is C20H24Cl2N4O3. The largest absolute Gasteiger partial charge is 0.489 e. The summed E-state index contributed by atoms with van der Waals surface area (Å²) < 4.78 is 7.26. The zero-order chi connectivity index (χ0) is 21.4. The number of carbonyl (C=O) groups is 1. The average Bonchev–Trinajstić information content (AvgIpc) is 2.97. The minimum Gasteiger partial charge on any atom is -0.489 e. The van der Waals surface area contributed by atoms with E-state index in [0.29, 0.717) is 30.2 Å². The number of hydrogen-bond acceptors (Lipinski definition) is 5. The number of nitrogens with zero attached hydrogens (tertiary/aromatic N) is 3. The lowest BCUT2D eigenvalue weighted by molar-refractivity contribution is -0.121. The van der Waals surface area contributed by atoms with Gasteiger partial charge in [0.05, 0.1) is 29.8 Å². The summed E-state index contributed by atoms with van der Waals surface area (Å²) >= 11 is 11.9. The molecule has 1 amide bonds. The molecule has 0 aliphatic heterocycles. The fraction of sp³-hybridized carbons (Fsp3) is 0.450. The van der Waals surface area contributed by atoms with Crippen molar-refractivity contribution in [1.82, 2.24) is 15.1 Å². The Labute approximate surface area is 180 Å². The van der Waals surface area contributed by atoms with Gasteiger partial charge in [0.25, 0.3) is 0 Å². The number of halogens is 2. The van der Waals surface area contributed by atoms with Gasteiger partial charge < -0.3 is 15.2 Å². The van der Waals surface area contributed by atoms with Crippen LogP contribution in [0.25, 0.3) is 0 Å². The second-order valence-corrected chi connectivity index (χ2v) is 7.39. The van der Waals surface area contributed by atoms with Crippen molar-refractivity contribution >= 4 is 29.1 Å². The van der Waals surface area contributed by atoms with E-state index in [2.05, 4.69) is 16.5 Å². The number of aliphatic hydroxyl groups is 1. The fourth-order valence-electron chi connectivity index (χ4n) is 2.87. The highest BCUT2D eigenvalue weighted by molar-refractivity contribution is 6.42. The SMILES string of the molecule is Cc1nn(CCC#N)c(C)c1CCC(=O)NCC(O)COc1cccc(Cl)c1Cl. The van der Waals surface area contributed by atoms with E-state index in [4.69, 9.17) is 33.2 Å². The molecule has 2 rings (SSSR count). The first-order valence-electron chi connectivity index (χ1n) is 9.24.